The minimum absolute atomic E-state index is 0.900. The van der Waals surface area contributed by atoms with Crippen LogP contribution < -0.4 is 4.74 Å². The molecule has 0 fully saturated rings. The summed E-state index contributed by atoms with van der Waals surface area (Å²) in [5, 5.41) is 15.2. The number of fused-ring (bicyclic) bond motifs is 5. The molecule has 0 unspecified atom stereocenters. The van der Waals surface area contributed by atoms with E-state index in [9.17, 15) is 0 Å². The normalized spacial score (nSPS) is 12.4. The zero-order valence-corrected chi connectivity index (χ0v) is 25.4. The quantitative estimate of drug-likeness (QED) is 0.181. The lowest BCUT2D eigenvalue weighted by Crippen LogP contribution is -1.98. The summed E-state index contributed by atoms with van der Waals surface area (Å²) in [6.07, 6.45) is 0. The van der Waals surface area contributed by atoms with E-state index in [1.165, 1.54) is 92.5 Å². The van der Waals surface area contributed by atoms with Gasteiger partial charge in [-0.05, 0) is 117 Å². The Kier molecular flexibility index (Phi) is 4.90. The van der Waals surface area contributed by atoms with Crippen LogP contribution in [0.3, 0.4) is 0 Å². The largest absolute Gasteiger partial charge is 0.456 e. The van der Waals surface area contributed by atoms with Gasteiger partial charge >= 0.3 is 0 Å². The second-order valence-electron chi connectivity index (χ2n) is 12.9. The van der Waals surface area contributed by atoms with Crippen molar-refractivity contribution in [3.63, 3.8) is 0 Å². The van der Waals surface area contributed by atoms with Crippen LogP contribution in [0.25, 0.3) is 98.0 Å². The van der Waals surface area contributed by atoms with E-state index in [1.807, 2.05) is 0 Å². The van der Waals surface area contributed by atoms with Gasteiger partial charge < -0.3 is 4.74 Å². The van der Waals surface area contributed by atoms with Gasteiger partial charge in [-0.1, -0.05) is 127 Å². The van der Waals surface area contributed by atoms with Gasteiger partial charge in [-0.2, -0.15) is 0 Å². The average molecular weight is 595 g/mol. The Bertz CT molecular complexity index is 2910. The first-order valence-electron chi connectivity index (χ1n) is 16.3. The average Bonchev–Trinajstić information content (AvgIpc) is 3.13. The van der Waals surface area contributed by atoms with Crippen LogP contribution in [-0.4, -0.2) is 0 Å². The standard InChI is InChI=1S/C46H26O/c1-4-12-35-31(7-1)23-33(25-40(35)36-20-17-29-16-15-27-9-5-10-28-18-21-39(36)45(29)44(27)28)30-19-22-42-41(24-30)38-14-6-13-37-34-11-3-2-8-32(34)26-43(47-42)46(37)38/h1-26H. The number of ether oxygens (including phenoxy) is 1. The first kappa shape index (κ1) is 25.1. The smallest absolute Gasteiger partial charge is 0.136 e. The molecule has 0 saturated carbocycles. The Morgan fingerprint density at radius 3 is 1.81 bits per heavy atom. The number of hydrogen-bond acceptors (Lipinski definition) is 1. The molecule has 1 heteroatoms. The first-order chi connectivity index (χ1) is 23.3. The molecule has 0 amide bonds. The lowest BCUT2D eigenvalue weighted by molar-refractivity contribution is 0.488. The highest BCUT2D eigenvalue weighted by Gasteiger charge is 2.22. The lowest BCUT2D eigenvalue weighted by Gasteiger charge is -2.23. The van der Waals surface area contributed by atoms with Crippen molar-refractivity contribution in [1.29, 1.82) is 0 Å². The van der Waals surface area contributed by atoms with Crippen LogP contribution in [0.4, 0.5) is 0 Å². The van der Waals surface area contributed by atoms with Crippen LogP contribution in [0.2, 0.25) is 0 Å². The third-order valence-corrected chi connectivity index (χ3v) is 10.4. The van der Waals surface area contributed by atoms with Crippen LogP contribution in [0, 0.1) is 0 Å². The van der Waals surface area contributed by atoms with Gasteiger partial charge in [-0.25, -0.2) is 0 Å². The minimum atomic E-state index is 0.900. The molecule has 47 heavy (non-hydrogen) atoms. The van der Waals surface area contributed by atoms with E-state index < -0.39 is 0 Å². The second kappa shape index (κ2) is 9.19. The van der Waals surface area contributed by atoms with Crippen molar-refractivity contribution in [2.24, 2.45) is 0 Å². The Balaban J connectivity index is 1.15. The molecular weight excluding hydrogens is 569 g/mol. The molecule has 216 valence electrons. The van der Waals surface area contributed by atoms with Gasteiger partial charge in [0, 0.05) is 10.9 Å². The Labute approximate surface area is 271 Å². The predicted molar refractivity (Wildman–Crippen MR) is 199 cm³/mol. The summed E-state index contributed by atoms with van der Waals surface area (Å²) in [5.74, 6) is 1.83. The van der Waals surface area contributed by atoms with Gasteiger partial charge in [-0.15, -0.1) is 0 Å². The Morgan fingerprint density at radius 1 is 0.277 bits per heavy atom. The van der Waals surface area contributed by atoms with E-state index in [2.05, 4.69) is 158 Å². The molecule has 0 atom stereocenters. The molecule has 11 rings (SSSR count). The fourth-order valence-corrected chi connectivity index (χ4v) is 8.23. The van der Waals surface area contributed by atoms with Crippen molar-refractivity contribution in [3.05, 3.63) is 158 Å². The highest BCUT2D eigenvalue weighted by molar-refractivity contribution is 6.26. The van der Waals surface area contributed by atoms with Crippen molar-refractivity contribution in [1.82, 2.24) is 0 Å². The number of rotatable bonds is 2. The zero-order valence-electron chi connectivity index (χ0n) is 25.4. The molecule has 1 aliphatic heterocycles. The molecule has 0 saturated heterocycles. The maximum atomic E-state index is 6.62. The summed E-state index contributed by atoms with van der Waals surface area (Å²) in [5.41, 5.74) is 7.25. The SMILES string of the molecule is c1ccc2c(-c3ccc4ccc5cccc6ccc3c4c56)cc(-c3ccc4c(c3)-c3cccc5c3c(cc3ccccc35)O4)cc2c1. The molecule has 0 spiro atoms. The van der Waals surface area contributed by atoms with Crippen molar-refractivity contribution in [2.75, 3.05) is 0 Å². The van der Waals surface area contributed by atoms with E-state index in [0.29, 0.717) is 0 Å². The Hall–Kier alpha value is -6.18. The van der Waals surface area contributed by atoms with Crippen LogP contribution in [-0.2, 0) is 0 Å². The van der Waals surface area contributed by atoms with E-state index in [4.69, 9.17) is 4.74 Å². The third kappa shape index (κ3) is 3.49. The molecule has 0 N–H and O–H groups in total. The van der Waals surface area contributed by atoms with Crippen LogP contribution in [0.15, 0.2) is 158 Å². The van der Waals surface area contributed by atoms with E-state index in [1.54, 1.807) is 0 Å². The van der Waals surface area contributed by atoms with Crippen LogP contribution in [0.1, 0.15) is 0 Å². The van der Waals surface area contributed by atoms with E-state index >= 15 is 0 Å². The zero-order chi connectivity index (χ0) is 30.6. The van der Waals surface area contributed by atoms with Gasteiger partial charge in [0.15, 0.2) is 0 Å². The first-order valence-corrected chi connectivity index (χ1v) is 16.3. The van der Waals surface area contributed by atoms with Crippen molar-refractivity contribution in [2.45, 2.75) is 0 Å². The lowest BCUT2D eigenvalue weighted by atomic mass is 9.86. The summed E-state index contributed by atoms with van der Waals surface area (Å²) in [7, 11) is 0. The fourth-order valence-electron chi connectivity index (χ4n) is 8.23. The van der Waals surface area contributed by atoms with Crippen molar-refractivity contribution < 1.29 is 4.74 Å². The molecule has 1 aliphatic rings. The molecule has 0 bridgehead atoms. The topological polar surface area (TPSA) is 9.23 Å². The maximum Gasteiger partial charge on any atom is 0.136 e. The van der Waals surface area contributed by atoms with E-state index in [-0.39, 0.29) is 0 Å². The van der Waals surface area contributed by atoms with Gasteiger partial charge in [-0.3, -0.25) is 0 Å². The summed E-state index contributed by atoms with van der Waals surface area (Å²) < 4.78 is 6.62. The molecule has 0 aromatic heterocycles. The van der Waals surface area contributed by atoms with Gasteiger partial charge in [0.1, 0.15) is 11.5 Å². The van der Waals surface area contributed by atoms with Gasteiger partial charge in [0.2, 0.25) is 0 Å². The summed E-state index contributed by atoms with van der Waals surface area (Å²) in [6, 6.07) is 57.9. The van der Waals surface area contributed by atoms with Gasteiger partial charge in [0.25, 0.3) is 0 Å². The highest BCUT2D eigenvalue weighted by atomic mass is 16.5. The van der Waals surface area contributed by atoms with Crippen molar-refractivity contribution >= 4 is 64.6 Å². The molecule has 1 heterocycles. The predicted octanol–water partition coefficient (Wildman–Crippen LogP) is 13.2. The van der Waals surface area contributed by atoms with Crippen LogP contribution in [0.5, 0.6) is 11.5 Å². The van der Waals surface area contributed by atoms with Gasteiger partial charge in [0.05, 0.1) is 0 Å². The summed E-state index contributed by atoms with van der Waals surface area (Å²) in [6.45, 7) is 0. The molecule has 0 aliphatic carbocycles. The molecule has 10 aromatic rings. The minimum Gasteiger partial charge on any atom is -0.456 e. The second-order valence-corrected chi connectivity index (χ2v) is 12.9. The van der Waals surface area contributed by atoms with E-state index in [0.717, 1.165) is 17.1 Å². The summed E-state index contributed by atoms with van der Waals surface area (Å²) in [4.78, 5) is 0. The molecular formula is C46H26O. The number of benzene rings is 10. The molecule has 0 radical (unpaired) electrons. The Morgan fingerprint density at radius 2 is 0.936 bits per heavy atom. The fraction of sp³-hybridized carbons (Fsp3) is 0. The van der Waals surface area contributed by atoms with Crippen LogP contribution >= 0.6 is 0 Å². The molecule has 1 nitrogen and oxygen atoms in total. The van der Waals surface area contributed by atoms with Crippen molar-refractivity contribution in [3.8, 4) is 44.9 Å². The monoisotopic (exact) mass is 594 g/mol. The highest BCUT2D eigenvalue weighted by Crippen LogP contribution is 2.50. The summed E-state index contributed by atoms with van der Waals surface area (Å²) >= 11 is 0. The third-order valence-electron chi connectivity index (χ3n) is 10.4. The molecule has 10 aromatic carbocycles. The maximum absolute atomic E-state index is 6.62. The number of hydrogen-bond donors (Lipinski definition) is 0.